The average molecular weight is 525 g/mol. The molecule has 0 amide bonds. The van der Waals surface area contributed by atoms with Gasteiger partial charge in [0.25, 0.3) is 0 Å². The van der Waals surface area contributed by atoms with Gasteiger partial charge in [-0.25, -0.2) is 9.97 Å². The van der Waals surface area contributed by atoms with Crippen molar-refractivity contribution in [1.29, 1.82) is 0 Å². The molecule has 0 saturated heterocycles. The van der Waals surface area contributed by atoms with Gasteiger partial charge >= 0.3 is 0 Å². The van der Waals surface area contributed by atoms with Crippen molar-refractivity contribution in [2.45, 2.75) is 46.1 Å². The Bertz CT molecular complexity index is 2140. The standard InChI is InChI=1S/C33H28N6O/c1-16(2)32-36-27-15-40-31-21-8-5-18(11-20(21)7-10-23(31)28(27)37-32)19-6-9-22-24(12-19)25-13-34-35-14-26(25)30-29(22)38-33(39-30)17(3)4/h5-14,16-17H,15H2,1-4H3,(H,36,37)(H,38,39). The third kappa shape index (κ3) is 3.30. The number of fused-ring (bicyclic) bond motifs is 11. The first kappa shape index (κ1) is 23.1. The molecule has 0 unspecified atom stereocenters. The zero-order chi connectivity index (χ0) is 27.1. The van der Waals surface area contributed by atoms with Gasteiger partial charge in [-0.05, 0) is 40.1 Å². The number of nitrogens with one attached hydrogen (secondary N) is 2. The predicted octanol–water partition coefficient (Wildman–Crippen LogP) is 8.01. The van der Waals surface area contributed by atoms with Crippen LogP contribution in [0.3, 0.4) is 0 Å². The zero-order valence-electron chi connectivity index (χ0n) is 22.8. The third-order valence-corrected chi connectivity index (χ3v) is 8.10. The van der Waals surface area contributed by atoms with Crippen LogP contribution in [0.2, 0.25) is 0 Å². The fourth-order valence-electron chi connectivity index (χ4n) is 5.94. The van der Waals surface area contributed by atoms with E-state index in [1.165, 1.54) is 0 Å². The number of imidazole rings is 2. The second-order valence-electron chi connectivity index (χ2n) is 11.3. The van der Waals surface area contributed by atoms with E-state index < -0.39 is 0 Å². The molecule has 4 aromatic carbocycles. The summed E-state index contributed by atoms with van der Waals surface area (Å²) in [6, 6.07) is 17.6. The average Bonchev–Trinajstić information content (AvgIpc) is 3.63. The van der Waals surface area contributed by atoms with E-state index in [4.69, 9.17) is 14.7 Å². The molecule has 7 aromatic rings. The number of H-pyrrole nitrogens is 2. The van der Waals surface area contributed by atoms with Crippen LogP contribution in [0.4, 0.5) is 0 Å². The fourth-order valence-corrected chi connectivity index (χ4v) is 5.94. The van der Waals surface area contributed by atoms with E-state index in [1.807, 2.05) is 12.4 Å². The molecule has 0 fully saturated rings. The Hall–Kier alpha value is -4.78. The topological polar surface area (TPSA) is 92.4 Å². The summed E-state index contributed by atoms with van der Waals surface area (Å²) in [4.78, 5) is 16.8. The lowest BCUT2D eigenvalue weighted by Gasteiger charge is -2.19. The lowest BCUT2D eigenvalue weighted by Crippen LogP contribution is -2.05. The normalized spacial score (nSPS) is 13.1. The Morgan fingerprint density at radius 2 is 1.43 bits per heavy atom. The van der Waals surface area contributed by atoms with Gasteiger partial charge in [0.2, 0.25) is 0 Å². The summed E-state index contributed by atoms with van der Waals surface area (Å²) in [5, 5.41) is 15.0. The highest BCUT2D eigenvalue weighted by molar-refractivity contribution is 6.23. The minimum atomic E-state index is 0.302. The van der Waals surface area contributed by atoms with Crippen LogP contribution in [0.25, 0.3) is 65.7 Å². The van der Waals surface area contributed by atoms with Gasteiger partial charge in [0.05, 0.1) is 34.8 Å². The summed E-state index contributed by atoms with van der Waals surface area (Å²) in [6.45, 7) is 9.11. The van der Waals surface area contributed by atoms with Gasteiger partial charge in [-0.15, -0.1) is 0 Å². The quantitative estimate of drug-likeness (QED) is 0.228. The first-order valence-corrected chi connectivity index (χ1v) is 13.8. The number of aromatic nitrogens is 6. The summed E-state index contributed by atoms with van der Waals surface area (Å²) >= 11 is 0. The van der Waals surface area contributed by atoms with Gasteiger partial charge in [0, 0.05) is 38.9 Å². The van der Waals surface area contributed by atoms with Crippen LogP contribution < -0.4 is 4.74 Å². The molecule has 196 valence electrons. The summed E-state index contributed by atoms with van der Waals surface area (Å²) < 4.78 is 6.27. The summed E-state index contributed by atoms with van der Waals surface area (Å²) in [5.41, 5.74) is 7.39. The second kappa shape index (κ2) is 8.36. The van der Waals surface area contributed by atoms with E-state index in [9.17, 15) is 0 Å². The molecule has 1 aliphatic heterocycles. The van der Waals surface area contributed by atoms with Gasteiger partial charge in [0.1, 0.15) is 24.0 Å². The SMILES string of the molecule is CC(C)c1nc2c([nH]1)COc1c-2ccc2cc(-c3ccc4c(c3)c3cnncc3c3nc(C(C)C)[nH]c43)ccc12. The molecule has 0 aliphatic carbocycles. The molecule has 40 heavy (non-hydrogen) atoms. The van der Waals surface area contributed by atoms with Crippen molar-refractivity contribution < 1.29 is 4.74 Å². The van der Waals surface area contributed by atoms with Crippen LogP contribution in [-0.2, 0) is 6.61 Å². The predicted molar refractivity (Wildman–Crippen MR) is 160 cm³/mol. The highest BCUT2D eigenvalue weighted by atomic mass is 16.5. The molecule has 3 aromatic heterocycles. The monoisotopic (exact) mass is 524 g/mol. The van der Waals surface area contributed by atoms with E-state index in [2.05, 4.69) is 96.4 Å². The van der Waals surface area contributed by atoms with E-state index in [0.717, 1.165) is 88.8 Å². The lowest BCUT2D eigenvalue weighted by molar-refractivity contribution is 0.301. The van der Waals surface area contributed by atoms with Crippen molar-refractivity contribution in [2.75, 3.05) is 0 Å². The van der Waals surface area contributed by atoms with E-state index in [0.29, 0.717) is 18.4 Å². The molecule has 1 aliphatic rings. The Morgan fingerprint density at radius 1 is 0.700 bits per heavy atom. The largest absolute Gasteiger partial charge is 0.486 e. The van der Waals surface area contributed by atoms with Crippen LogP contribution in [-0.4, -0.2) is 30.1 Å². The highest BCUT2D eigenvalue weighted by Crippen LogP contribution is 2.43. The van der Waals surface area contributed by atoms with Crippen molar-refractivity contribution in [3.05, 3.63) is 78.3 Å². The molecule has 0 radical (unpaired) electrons. The fraction of sp³-hybridized carbons (Fsp3) is 0.212. The van der Waals surface area contributed by atoms with Gasteiger partial charge in [-0.3, -0.25) is 0 Å². The van der Waals surface area contributed by atoms with E-state index in [1.54, 1.807) is 0 Å². The third-order valence-electron chi connectivity index (χ3n) is 8.10. The number of hydrogen-bond acceptors (Lipinski definition) is 5. The minimum absolute atomic E-state index is 0.302. The van der Waals surface area contributed by atoms with Crippen LogP contribution in [0.15, 0.2) is 60.9 Å². The molecule has 7 heteroatoms. The summed E-state index contributed by atoms with van der Waals surface area (Å²) in [6.07, 6.45) is 3.67. The molecule has 0 saturated carbocycles. The van der Waals surface area contributed by atoms with Gasteiger partial charge in [0.15, 0.2) is 0 Å². The molecular weight excluding hydrogens is 496 g/mol. The van der Waals surface area contributed by atoms with Gasteiger partial charge in [-0.2, -0.15) is 10.2 Å². The summed E-state index contributed by atoms with van der Waals surface area (Å²) in [7, 11) is 0. The van der Waals surface area contributed by atoms with E-state index in [-0.39, 0.29) is 0 Å². The maximum atomic E-state index is 6.27. The Kier molecular flexibility index (Phi) is 4.83. The van der Waals surface area contributed by atoms with E-state index >= 15 is 0 Å². The maximum absolute atomic E-state index is 6.27. The van der Waals surface area contributed by atoms with Gasteiger partial charge < -0.3 is 14.7 Å². The number of ether oxygens (including phenoxy) is 1. The molecule has 8 rings (SSSR count). The zero-order valence-corrected chi connectivity index (χ0v) is 22.8. The van der Waals surface area contributed by atoms with Gasteiger partial charge in [-0.1, -0.05) is 58.0 Å². The molecule has 0 bridgehead atoms. The second-order valence-corrected chi connectivity index (χ2v) is 11.3. The summed E-state index contributed by atoms with van der Waals surface area (Å²) in [5.74, 6) is 3.52. The van der Waals surface area contributed by atoms with Crippen LogP contribution in [0.5, 0.6) is 5.75 Å². The van der Waals surface area contributed by atoms with Crippen molar-refractivity contribution in [3.63, 3.8) is 0 Å². The molecule has 2 N–H and O–H groups in total. The lowest BCUT2D eigenvalue weighted by atomic mass is 9.94. The van der Waals surface area contributed by atoms with Crippen molar-refractivity contribution in [2.24, 2.45) is 0 Å². The Balaban J connectivity index is 1.28. The first-order valence-electron chi connectivity index (χ1n) is 13.8. The minimum Gasteiger partial charge on any atom is -0.486 e. The number of benzene rings is 4. The van der Waals surface area contributed by atoms with Crippen LogP contribution >= 0.6 is 0 Å². The maximum Gasteiger partial charge on any atom is 0.137 e. The molecule has 0 spiro atoms. The number of rotatable bonds is 3. The number of hydrogen-bond donors (Lipinski definition) is 2. The molecule has 7 nitrogen and oxygen atoms in total. The van der Waals surface area contributed by atoms with Crippen LogP contribution in [0.1, 0.15) is 56.9 Å². The van der Waals surface area contributed by atoms with Crippen molar-refractivity contribution >= 4 is 43.4 Å². The Labute approximate surface area is 230 Å². The van der Waals surface area contributed by atoms with Crippen LogP contribution in [0, 0.1) is 0 Å². The smallest absolute Gasteiger partial charge is 0.137 e. The van der Waals surface area contributed by atoms with Crippen molar-refractivity contribution in [1.82, 2.24) is 30.1 Å². The highest BCUT2D eigenvalue weighted by Gasteiger charge is 2.24. The van der Waals surface area contributed by atoms with Crippen molar-refractivity contribution in [3.8, 4) is 28.1 Å². The number of aromatic amines is 2. The molecule has 4 heterocycles. The molecule has 0 atom stereocenters. The molecular formula is C33H28N6O. The number of nitrogens with zero attached hydrogens (tertiary/aromatic N) is 4. The Morgan fingerprint density at radius 3 is 2.23 bits per heavy atom. The first-order chi connectivity index (χ1) is 19.5.